The van der Waals surface area contributed by atoms with E-state index in [1.165, 1.54) is 24.3 Å². The van der Waals surface area contributed by atoms with Crippen molar-refractivity contribution in [3.05, 3.63) is 64.7 Å². The fraction of sp³-hybridized carbons (Fsp3) is 0.300. The number of ether oxygens (including phenoxy) is 1. The predicted octanol–water partition coefficient (Wildman–Crippen LogP) is 3.43. The molecular formula is C20H20ClF2NO4. The SMILES string of the molecule is Cl.O=C(Cc1ccc(F)cc1F)c1ccc(O)c(C(=O)OCC2CCCN2)c1. The Bertz CT molecular complexity index is 869. The third-order valence-corrected chi connectivity index (χ3v) is 4.48. The van der Waals surface area contributed by atoms with Crippen molar-refractivity contribution in [1.29, 1.82) is 0 Å². The number of aromatic hydroxyl groups is 1. The lowest BCUT2D eigenvalue weighted by Gasteiger charge is -2.12. The topological polar surface area (TPSA) is 75.6 Å². The van der Waals surface area contributed by atoms with Crippen molar-refractivity contribution in [3.8, 4) is 5.75 Å². The lowest BCUT2D eigenvalue weighted by atomic mass is 10.0. The van der Waals surface area contributed by atoms with Crippen LogP contribution in [0.15, 0.2) is 36.4 Å². The molecule has 2 aromatic rings. The quantitative estimate of drug-likeness (QED) is 0.562. The van der Waals surface area contributed by atoms with E-state index in [0.29, 0.717) is 6.07 Å². The molecule has 28 heavy (non-hydrogen) atoms. The highest BCUT2D eigenvalue weighted by Gasteiger charge is 2.20. The molecule has 0 radical (unpaired) electrons. The summed E-state index contributed by atoms with van der Waals surface area (Å²) in [6.07, 6.45) is 1.62. The molecule has 1 unspecified atom stereocenters. The lowest BCUT2D eigenvalue weighted by Crippen LogP contribution is -2.28. The van der Waals surface area contributed by atoms with Gasteiger partial charge < -0.3 is 15.2 Å². The number of benzene rings is 2. The monoisotopic (exact) mass is 411 g/mol. The van der Waals surface area contributed by atoms with Gasteiger partial charge in [-0.15, -0.1) is 12.4 Å². The third-order valence-electron chi connectivity index (χ3n) is 4.48. The molecule has 5 nitrogen and oxygen atoms in total. The summed E-state index contributed by atoms with van der Waals surface area (Å²) in [6.45, 7) is 1.05. The van der Waals surface area contributed by atoms with E-state index in [1.54, 1.807) is 0 Å². The Balaban J connectivity index is 0.00000280. The van der Waals surface area contributed by atoms with Gasteiger partial charge in [0.25, 0.3) is 0 Å². The summed E-state index contributed by atoms with van der Waals surface area (Å²) in [5, 5.41) is 13.1. The second-order valence-electron chi connectivity index (χ2n) is 6.46. The molecule has 0 aromatic heterocycles. The van der Waals surface area contributed by atoms with Gasteiger partial charge in [-0.25, -0.2) is 13.6 Å². The zero-order chi connectivity index (χ0) is 19.4. The maximum Gasteiger partial charge on any atom is 0.341 e. The number of ketones is 1. The Morgan fingerprint density at radius 3 is 2.64 bits per heavy atom. The zero-order valence-electron chi connectivity index (χ0n) is 14.9. The third kappa shape index (κ3) is 5.27. The van der Waals surface area contributed by atoms with E-state index in [2.05, 4.69) is 5.32 Å². The summed E-state index contributed by atoms with van der Waals surface area (Å²) in [7, 11) is 0. The molecule has 1 heterocycles. The fourth-order valence-corrected chi connectivity index (χ4v) is 2.97. The van der Waals surface area contributed by atoms with E-state index < -0.39 is 23.4 Å². The molecule has 0 bridgehead atoms. The lowest BCUT2D eigenvalue weighted by molar-refractivity contribution is 0.0470. The van der Waals surface area contributed by atoms with Crippen LogP contribution in [0.1, 0.15) is 39.1 Å². The smallest absolute Gasteiger partial charge is 0.341 e. The van der Waals surface area contributed by atoms with Gasteiger partial charge in [0.2, 0.25) is 0 Å². The van der Waals surface area contributed by atoms with Crippen molar-refractivity contribution in [2.45, 2.75) is 25.3 Å². The van der Waals surface area contributed by atoms with Crippen LogP contribution in [0.2, 0.25) is 0 Å². The van der Waals surface area contributed by atoms with Crippen molar-refractivity contribution in [1.82, 2.24) is 5.32 Å². The molecule has 1 aliphatic heterocycles. The normalized spacial score (nSPS) is 15.7. The molecule has 2 aromatic carbocycles. The van der Waals surface area contributed by atoms with Gasteiger partial charge in [0.05, 0.1) is 0 Å². The second-order valence-corrected chi connectivity index (χ2v) is 6.46. The average molecular weight is 412 g/mol. The van der Waals surface area contributed by atoms with E-state index >= 15 is 0 Å². The zero-order valence-corrected chi connectivity index (χ0v) is 15.7. The largest absolute Gasteiger partial charge is 0.507 e. The van der Waals surface area contributed by atoms with E-state index in [-0.39, 0.29) is 53.9 Å². The van der Waals surface area contributed by atoms with Gasteiger partial charge in [-0.1, -0.05) is 6.07 Å². The van der Waals surface area contributed by atoms with Crippen LogP contribution in [0.5, 0.6) is 5.75 Å². The predicted molar refractivity (Wildman–Crippen MR) is 101 cm³/mol. The summed E-state index contributed by atoms with van der Waals surface area (Å²) in [6, 6.07) is 6.85. The maximum absolute atomic E-state index is 13.7. The van der Waals surface area contributed by atoms with Crippen LogP contribution in [0.25, 0.3) is 0 Å². The first-order chi connectivity index (χ1) is 12.9. The van der Waals surface area contributed by atoms with Gasteiger partial charge in [-0.05, 0) is 49.2 Å². The molecule has 1 atom stereocenters. The number of phenolic OH excluding ortho intramolecular Hbond substituents is 1. The number of carbonyl (C=O) groups is 2. The minimum atomic E-state index is -0.814. The van der Waals surface area contributed by atoms with Gasteiger partial charge >= 0.3 is 5.97 Å². The summed E-state index contributed by atoms with van der Waals surface area (Å²) >= 11 is 0. The first kappa shape index (κ1) is 21.8. The number of nitrogens with one attached hydrogen (secondary N) is 1. The maximum atomic E-state index is 13.7. The number of carbonyl (C=O) groups excluding carboxylic acids is 2. The van der Waals surface area contributed by atoms with E-state index in [9.17, 15) is 23.5 Å². The number of esters is 1. The van der Waals surface area contributed by atoms with Crippen LogP contribution in [0, 0.1) is 11.6 Å². The standard InChI is InChI=1S/C20H19F2NO4.ClH/c21-14-5-3-12(17(22)10-14)9-19(25)13-4-6-18(24)16(8-13)20(26)27-11-15-2-1-7-23-15;/h3-6,8,10,15,23-24H,1-2,7,9,11H2;1H. The number of halogens is 3. The highest BCUT2D eigenvalue weighted by atomic mass is 35.5. The fourth-order valence-electron chi connectivity index (χ4n) is 2.97. The molecule has 0 aliphatic carbocycles. The summed E-state index contributed by atoms with van der Waals surface area (Å²) in [5.74, 6) is -3.04. The van der Waals surface area contributed by atoms with Crippen LogP contribution in [0.4, 0.5) is 8.78 Å². The number of hydrogen-bond donors (Lipinski definition) is 2. The molecule has 1 saturated heterocycles. The molecule has 150 valence electrons. The molecule has 1 aliphatic rings. The second kappa shape index (κ2) is 9.61. The van der Waals surface area contributed by atoms with Crippen molar-refractivity contribution in [2.75, 3.05) is 13.2 Å². The number of rotatable bonds is 6. The van der Waals surface area contributed by atoms with Crippen LogP contribution >= 0.6 is 12.4 Å². The van der Waals surface area contributed by atoms with Crippen LogP contribution in [-0.2, 0) is 11.2 Å². The minimum Gasteiger partial charge on any atom is -0.507 e. The van der Waals surface area contributed by atoms with Gasteiger partial charge in [0.1, 0.15) is 29.6 Å². The summed E-state index contributed by atoms with van der Waals surface area (Å²) < 4.78 is 31.9. The highest BCUT2D eigenvalue weighted by Crippen LogP contribution is 2.22. The first-order valence-electron chi connectivity index (χ1n) is 8.64. The number of phenols is 1. The van der Waals surface area contributed by atoms with Crippen LogP contribution in [-0.4, -0.2) is 36.1 Å². The minimum absolute atomic E-state index is 0. The Morgan fingerprint density at radius 2 is 1.96 bits per heavy atom. The molecule has 2 N–H and O–H groups in total. The van der Waals surface area contributed by atoms with E-state index in [4.69, 9.17) is 4.74 Å². The Labute approximate surface area is 167 Å². The van der Waals surface area contributed by atoms with Gasteiger partial charge in [-0.3, -0.25) is 4.79 Å². The van der Waals surface area contributed by atoms with Crippen LogP contribution in [0.3, 0.4) is 0 Å². The van der Waals surface area contributed by atoms with Gasteiger partial charge in [0, 0.05) is 24.1 Å². The van der Waals surface area contributed by atoms with Crippen molar-refractivity contribution in [3.63, 3.8) is 0 Å². The van der Waals surface area contributed by atoms with Crippen LogP contribution < -0.4 is 5.32 Å². The Morgan fingerprint density at radius 1 is 1.18 bits per heavy atom. The van der Waals surface area contributed by atoms with E-state index in [1.807, 2.05) is 0 Å². The molecule has 1 fully saturated rings. The highest BCUT2D eigenvalue weighted by molar-refractivity contribution is 6.01. The van der Waals surface area contributed by atoms with Gasteiger partial charge in [-0.2, -0.15) is 0 Å². The molecule has 8 heteroatoms. The Hall–Kier alpha value is -2.51. The molecule has 3 rings (SSSR count). The Kier molecular flexibility index (Phi) is 7.48. The summed E-state index contributed by atoms with van der Waals surface area (Å²) in [5.41, 5.74) is 0.0480. The van der Waals surface area contributed by atoms with E-state index in [0.717, 1.165) is 25.5 Å². The molecule has 0 spiro atoms. The van der Waals surface area contributed by atoms with Crippen molar-refractivity contribution < 1.29 is 28.2 Å². The van der Waals surface area contributed by atoms with Crippen molar-refractivity contribution in [2.24, 2.45) is 0 Å². The number of Topliss-reactive ketones (excluding diaryl/α,β-unsaturated/α-hetero) is 1. The molecule has 0 saturated carbocycles. The summed E-state index contributed by atoms with van der Waals surface area (Å²) in [4.78, 5) is 24.6. The molecular weight excluding hydrogens is 392 g/mol. The van der Waals surface area contributed by atoms with Crippen molar-refractivity contribution >= 4 is 24.2 Å². The average Bonchev–Trinajstić information content (AvgIpc) is 3.16. The molecule has 0 amide bonds. The number of hydrogen-bond acceptors (Lipinski definition) is 5. The first-order valence-corrected chi connectivity index (χ1v) is 8.64. The van der Waals surface area contributed by atoms with Gasteiger partial charge in [0.15, 0.2) is 5.78 Å².